The SMILES string of the molecule is CCCN(CCC)C(=O)c1cc(C)cc(C(=O)NC(Cc2ccc(F)cc2)[C@H](O)CNCc2cccc(OC)c2)c1. The van der Waals surface area contributed by atoms with Crippen molar-refractivity contribution in [1.29, 1.82) is 0 Å². The van der Waals surface area contributed by atoms with Crippen molar-refractivity contribution in [1.82, 2.24) is 15.5 Å². The van der Waals surface area contributed by atoms with E-state index in [0.717, 1.165) is 35.3 Å². The van der Waals surface area contributed by atoms with Crippen molar-refractivity contribution in [3.05, 3.63) is 100 Å². The second kappa shape index (κ2) is 15.9. The molecule has 1 unspecified atom stereocenters. The van der Waals surface area contributed by atoms with Crippen LogP contribution in [0.1, 0.15) is 64.1 Å². The molecule has 0 aliphatic heterocycles. The van der Waals surface area contributed by atoms with Gasteiger partial charge in [0.05, 0.1) is 19.3 Å². The first-order valence-corrected chi connectivity index (χ1v) is 14.2. The molecule has 3 aromatic rings. The van der Waals surface area contributed by atoms with Gasteiger partial charge in [-0.05, 0) is 85.3 Å². The first-order chi connectivity index (χ1) is 19.7. The molecule has 41 heavy (non-hydrogen) atoms. The van der Waals surface area contributed by atoms with Gasteiger partial charge in [-0.25, -0.2) is 4.39 Å². The third-order valence-electron chi connectivity index (χ3n) is 6.83. The van der Waals surface area contributed by atoms with E-state index in [9.17, 15) is 19.1 Å². The molecular formula is C33H42FN3O4. The molecule has 0 aliphatic rings. The molecule has 3 rings (SSSR count). The van der Waals surface area contributed by atoms with Gasteiger partial charge in [0.2, 0.25) is 0 Å². The minimum atomic E-state index is -0.940. The first kappa shape index (κ1) is 31.8. The Hall–Kier alpha value is -3.75. The molecule has 3 aromatic carbocycles. The lowest BCUT2D eigenvalue weighted by atomic mass is 9.99. The number of nitrogens with zero attached hydrogens (tertiary/aromatic N) is 1. The number of carbonyl (C=O) groups excluding carboxylic acids is 2. The molecule has 0 spiro atoms. The van der Waals surface area contributed by atoms with Gasteiger partial charge in [0.1, 0.15) is 11.6 Å². The third kappa shape index (κ3) is 9.69. The van der Waals surface area contributed by atoms with Gasteiger partial charge in [0.15, 0.2) is 0 Å². The van der Waals surface area contributed by atoms with Crippen LogP contribution in [0.4, 0.5) is 4.39 Å². The molecule has 2 amide bonds. The summed E-state index contributed by atoms with van der Waals surface area (Å²) in [6.45, 7) is 7.93. The van der Waals surface area contributed by atoms with Crippen LogP contribution in [0.3, 0.4) is 0 Å². The quantitative estimate of drug-likeness (QED) is 0.245. The van der Waals surface area contributed by atoms with E-state index in [1.165, 1.54) is 12.1 Å². The standard InChI is InChI=1S/C33H42FN3O4/c1-5-14-37(15-6-2)33(40)27-17-23(3)16-26(20-27)32(39)36-30(19-24-10-12-28(34)13-11-24)31(38)22-35-21-25-8-7-9-29(18-25)41-4/h7-13,16-18,20,30-31,35,38H,5-6,14-15,19,21-22H2,1-4H3,(H,36,39)/t30?,31-/m1/s1. The average molecular weight is 564 g/mol. The fraction of sp³-hybridized carbons (Fsp3) is 0.394. The Morgan fingerprint density at radius 1 is 0.951 bits per heavy atom. The van der Waals surface area contributed by atoms with Gasteiger partial charge in [0.25, 0.3) is 11.8 Å². The minimum Gasteiger partial charge on any atom is -0.497 e. The Balaban J connectivity index is 1.77. The monoisotopic (exact) mass is 563 g/mol. The second-order valence-electron chi connectivity index (χ2n) is 10.3. The van der Waals surface area contributed by atoms with E-state index in [4.69, 9.17) is 4.74 Å². The summed E-state index contributed by atoms with van der Waals surface area (Å²) in [5.41, 5.74) is 3.38. The number of halogens is 1. The number of methoxy groups -OCH3 is 1. The number of amides is 2. The summed E-state index contributed by atoms with van der Waals surface area (Å²) in [5, 5.41) is 17.4. The number of nitrogens with one attached hydrogen (secondary N) is 2. The molecule has 3 N–H and O–H groups in total. The van der Waals surface area contributed by atoms with Crippen molar-refractivity contribution in [3.8, 4) is 5.75 Å². The molecule has 0 bridgehead atoms. The van der Waals surface area contributed by atoms with Crippen LogP contribution < -0.4 is 15.4 Å². The zero-order valence-electron chi connectivity index (χ0n) is 24.5. The Morgan fingerprint density at radius 3 is 2.29 bits per heavy atom. The van der Waals surface area contributed by atoms with Gasteiger partial charge in [-0.15, -0.1) is 0 Å². The van der Waals surface area contributed by atoms with Gasteiger partial charge in [-0.2, -0.15) is 0 Å². The molecule has 0 saturated heterocycles. The van der Waals surface area contributed by atoms with Crippen LogP contribution in [0.5, 0.6) is 5.75 Å². The second-order valence-corrected chi connectivity index (χ2v) is 10.3. The molecule has 0 fully saturated rings. The van der Waals surface area contributed by atoms with E-state index in [1.54, 1.807) is 37.4 Å². The number of rotatable bonds is 15. The topological polar surface area (TPSA) is 90.9 Å². The van der Waals surface area contributed by atoms with E-state index >= 15 is 0 Å². The van der Waals surface area contributed by atoms with Crippen LogP contribution in [0, 0.1) is 12.7 Å². The Bertz CT molecular complexity index is 1280. The van der Waals surface area contributed by atoms with Gasteiger partial charge in [-0.3, -0.25) is 9.59 Å². The number of aliphatic hydroxyl groups is 1. The summed E-state index contributed by atoms with van der Waals surface area (Å²) >= 11 is 0. The van der Waals surface area contributed by atoms with Gasteiger partial charge >= 0.3 is 0 Å². The normalized spacial score (nSPS) is 12.4. The van der Waals surface area contributed by atoms with Gasteiger partial charge in [-0.1, -0.05) is 38.1 Å². The Kier molecular flexibility index (Phi) is 12.3. The highest BCUT2D eigenvalue weighted by Crippen LogP contribution is 2.16. The number of aliphatic hydroxyl groups excluding tert-OH is 1. The molecule has 8 heteroatoms. The van der Waals surface area contributed by atoms with Crippen LogP contribution >= 0.6 is 0 Å². The number of ether oxygens (including phenoxy) is 1. The van der Waals surface area contributed by atoms with E-state index < -0.39 is 12.1 Å². The highest BCUT2D eigenvalue weighted by molar-refractivity contribution is 6.00. The summed E-state index contributed by atoms with van der Waals surface area (Å²) in [6, 6.07) is 18.1. The maximum absolute atomic E-state index is 13.5. The number of carbonyl (C=O) groups is 2. The largest absolute Gasteiger partial charge is 0.497 e. The summed E-state index contributed by atoms with van der Waals surface area (Å²) in [6.07, 6.45) is 1.05. The summed E-state index contributed by atoms with van der Waals surface area (Å²) in [7, 11) is 1.61. The minimum absolute atomic E-state index is 0.101. The van der Waals surface area contributed by atoms with E-state index in [2.05, 4.69) is 10.6 Å². The van der Waals surface area contributed by atoms with E-state index in [1.807, 2.05) is 49.9 Å². The molecule has 0 saturated carbocycles. The van der Waals surface area contributed by atoms with Crippen LogP contribution in [0.2, 0.25) is 0 Å². The molecule has 2 atom stereocenters. The lowest BCUT2D eigenvalue weighted by Gasteiger charge is -2.25. The van der Waals surface area contributed by atoms with Crippen molar-refractivity contribution in [2.75, 3.05) is 26.7 Å². The zero-order chi connectivity index (χ0) is 29.8. The first-order valence-electron chi connectivity index (χ1n) is 14.2. The molecule has 7 nitrogen and oxygen atoms in total. The fourth-order valence-electron chi connectivity index (χ4n) is 4.77. The molecule has 0 aliphatic carbocycles. The summed E-state index contributed by atoms with van der Waals surface area (Å²) in [5.74, 6) is -0.0999. The number of hydrogen-bond donors (Lipinski definition) is 3. The number of benzene rings is 3. The van der Waals surface area contributed by atoms with Gasteiger partial charge in [0, 0.05) is 37.3 Å². The summed E-state index contributed by atoms with van der Waals surface area (Å²) < 4.78 is 18.8. The predicted octanol–water partition coefficient (Wildman–Crippen LogP) is 4.90. The van der Waals surface area contributed by atoms with Crippen LogP contribution in [0.25, 0.3) is 0 Å². The third-order valence-corrected chi connectivity index (χ3v) is 6.83. The Labute approximate surface area is 242 Å². The molecule has 0 aromatic heterocycles. The molecular weight excluding hydrogens is 521 g/mol. The van der Waals surface area contributed by atoms with E-state index in [-0.39, 0.29) is 24.2 Å². The number of hydrogen-bond acceptors (Lipinski definition) is 5. The van der Waals surface area contributed by atoms with Crippen LogP contribution in [-0.4, -0.2) is 60.7 Å². The van der Waals surface area contributed by atoms with Crippen molar-refractivity contribution < 1.29 is 23.8 Å². The predicted molar refractivity (Wildman–Crippen MR) is 160 cm³/mol. The summed E-state index contributed by atoms with van der Waals surface area (Å²) in [4.78, 5) is 28.5. The highest BCUT2D eigenvalue weighted by atomic mass is 19.1. The smallest absolute Gasteiger partial charge is 0.253 e. The lowest BCUT2D eigenvalue weighted by Crippen LogP contribution is -2.48. The van der Waals surface area contributed by atoms with Crippen molar-refractivity contribution in [2.24, 2.45) is 0 Å². The van der Waals surface area contributed by atoms with Crippen molar-refractivity contribution in [2.45, 2.75) is 58.7 Å². The zero-order valence-corrected chi connectivity index (χ0v) is 24.5. The molecule has 0 heterocycles. The number of aryl methyl sites for hydroxylation is 1. The van der Waals surface area contributed by atoms with Crippen LogP contribution in [-0.2, 0) is 13.0 Å². The average Bonchev–Trinajstić information content (AvgIpc) is 2.97. The van der Waals surface area contributed by atoms with Crippen LogP contribution in [0.15, 0.2) is 66.7 Å². The highest BCUT2D eigenvalue weighted by Gasteiger charge is 2.24. The molecule has 220 valence electrons. The Morgan fingerprint density at radius 2 is 1.63 bits per heavy atom. The fourth-order valence-corrected chi connectivity index (χ4v) is 4.77. The van der Waals surface area contributed by atoms with Gasteiger partial charge < -0.3 is 25.4 Å². The lowest BCUT2D eigenvalue weighted by molar-refractivity contribution is 0.0755. The van der Waals surface area contributed by atoms with E-state index in [0.29, 0.717) is 37.2 Å². The maximum Gasteiger partial charge on any atom is 0.253 e. The van der Waals surface area contributed by atoms with Crippen molar-refractivity contribution in [3.63, 3.8) is 0 Å². The maximum atomic E-state index is 13.5. The van der Waals surface area contributed by atoms with Crippen molar-refractivity contribution >= 4 is 11.8 Å². The molecule has 0 radical (unpaired) electrons.